The van der Waals surface area contributed by atoms with Crippen LogP contribution >= 0.6 is 0 Å². The first-order valence-corrected chi connectivity index (χ1v) is 4.37. The quantitative estimate of drug-likeness (QED) is 0.777. The van der Waals surface area contributed by atoms with Gasteiger partial charge in [0.2, 0.25) is 5.91 Å². The van der Waals surface area contributed by atoms with E-state index in [1.54, 1.807) is 13.0 Å². The lowest BCUT2D eigenvalue weighted by Gasteiger charge is -2.06. The molecule has 1 aromatic rings. The number of nitrogens with one attached hydrogen (secondary N) is 1. The highest BCUT2D eigenvalue weighted by Crippen LogP contribution is 2.09. The Balaban J connectivity index is 2.54. The number of anilines is 1. The Morgan fingerprint density at radius 3 is 2.92 bits per heavy atom. The molecule has 0 saturated heterocycles. The molecule has 1 N–H and O–H groups in total. The van der Waals surface area contributed by atoms with Crippen molar-refractivity contribution in [2.24, 2.45) is 5.92 Å². The molecule has 0 bridgehead atoms. The van der Waals surface area contributed by atoms with E-state index in [4.69, 9.17) is 4.52 Å². The summed E-state index contributed by atoms with van der Waals surface area (Å²) in [5.41, 5.74) is 0. The monoisotopic (exact) mass is 182 g/mol. The predicted molar refractivity (Wildman–Crippen MR) is 49.3 cm³/mol. The molecule has 1 atom stereocenters. The van der Waals surface area contributed by atoms with Gasteiger partial charge in [0.25, 0.3) is 0 Å². The van der Waals surface area contributed by atoms with Crippen LogP contribution in [0.2, 0.25) is 0 Å². The van der Waals surface area contributed by atoms with Crippen molar-refractivity contribution in [1.82, 2.24) is 5.16 Å². The molecule has 1 heterocycles. The van der Waals surface area contributed by atoms with E-state index in [0.717, 1.165) is 6.42 Å². The van der Waals surface area contributed by atoms with E-state index in [1.807, 2.05) is 13.8 Å². The lowest BCUT2D eigenvalue weighted by molar-refractivity contribution is -0.119. The van der Waals surface area contributed by atoms with E-state index in [1.165, 1.54) is 0 Å². The lowest BCUT2D eigenvalue weighted by atomic mass is 10.1. The molecule has 0 aliphatic carbocycles. The van der Waals surface area contributed by atoms with Crippen LogP contribution in [0.15, 0.2) is 10.6 Å². The van der Waals surface area contributed by atoms with Gasteiger partial charge in [0.15, 0.2) is 5.82 Å². The van der Waals surface area contributed by atoms with Crippen LogP contribution in [0.3, 0.4) is 0 Å². The summed E-state index contributed by atoms with van der Waals surface area (Å²) >= 11 is 0. The van der Waals surface area contributed by atoms with Gasteiger partial charge in [0, 0.05) is 12.0 Å². The minimum atomic E-state index is -0.0178. The molecule has 1 aromatic heterocycles. The maximum absolute atomic E-state index is 11.4. The fourth-order valence-corrected chi connectivity index (χ4v) is 0.860. The van der Waals surface area contributed by atoms with Crippen LogP contribution in [-0.2, 0) is 4.79 Å². The molecule has 0 spiro atoms. The second kappa shape index (κ2) is 4.07. The first-order valence-electron chi connectivity index (χ1n) is 4.37. The zero-order valence-corrected chi connectivity index (χ0v) is 8.13. The molecule has 4 heteroatoms. The van der Waals surface area contributed by atoms with Crippen LogP contribution in [-0.4, -0.2) is 11.1 Å². The smallest absolute Gasteiger partial charge is 0.228 e. The third-order valence-electron chi connectivity index (χ3n) is 1.94. The maximum Gasteiger partial charge on any atom is 0.228 e. The number of hydrogen-bond acceptors (Lipinski definition) is 3. The Kier molecular flexibility index (Phi) is 3.06. The summed E-state index contributed by atoms with van der Waals surface area (Å²) in [5, 5.41) is 6.34. The first-order chi connectivity index (χ1) is 6.13. The zero-order valence-electron chi connectivity index (χ0n) is 8.13. The van der Waals surface area contributed by atoms with Gasteiger partial charge in [-0.15, -0.1) is 0 Å². The summed E-state index contributed by atoms with van der Waals surface area (Å²) in [4.78, 5) is 11.4. The molecule has 13 heavy (non-hydrogen) atoms. The van der Waals surface area contributed by atoms with Crippen LogP contribution in [0, 0.1) is 12.8 Å². The summed E-state index contributed by atoms with van der Waals surface area (Å²) < 4.78 is 4.81. The highest BCUT2D eigenvalue weighted by molar-refractivity contribution is 5.91. The average molecular weight is 182 g/mol. The van der Waals surface area contributed by atoms with Gasteiger partial charge in [-0.2, -0.15) is 0 Å². The van der Waals surface area contributed by atoms with Crippen LogP contribution < -0.4 is 5.32 Å². The van der Waals surface area contributed by atoms with Crippen molar-refractivity contribution in [3.63, 3.8) is 0 Å². The van der Waals surface area contributed by atoms with E-state index in [9.17, 15) is 4.79 Å². The average Bonchev–Trinajstić information content (AvgIpc) is 2.49. The topological polar surface area (TPSA) is 55.1 Å². The van der Waals surface area contributed by atoms with Crippen LogP contribution in [0.5, 0.6) is 0 Å². The fraction of sp³-hybridized carbons (Fsp3) is 0.556. The number of rotatable bonds is 3. The first kappa shape index (κ1) is 9.77. The van der Waals surface area contributed by atoms with E-state index >= 15 is 0 Å². The minimum absolute atomic E-state index is 0.0111. The lowest BCUT2D eigenvalue weighted by Crippen LogP contribution is -2.19. The van der Waals surface area contributed by atoms with E-state index in [2.05, 4.69) is 10.5 Å². The molecular weight excluding hydrogens is 168 g/mol. The van der Waals surface area contributed by atoms with Gasteiger partial charge >= 0.3 is 0 Å². The Morgan fingerprint density at radius 2 is 2.46 bits per heavy atom. The molecular formula is C9H14N2O2. The second-order valence-corrected chi connectivity index (χ2v) is 3.12. The summed E-state index contributed by atoms with van der Waals surface area (Å²) in [6.45, 7) is 5.63. The summed E-state index contributed by atoms with van der Waals surface area (Å²) in [7, 11) is 0. The van der Waals surface area contributed by atoms with Gasteiger partial charge in [0.05, 0.1) is 0 Å². The third kappa shape index (κ3) is 2.57. The Morgan fingerprint density at radius 1 is 1.77 bits per heavy atom. The predicted octanol–water partition coefficient (Wildman–Crippen LogP) is 1.97. The Bertz CT molecular complexity index is 294. The van der Waals surface area contributed by atoms with Gasteiger partial charge in [-0.3, -0.25) is 4.79 Å². The highest BCUT2D eigenvalue weighted by atomic mass is 16.5. The number of carbonyl (C=O) groups excluding carboxylic acids is 1. The molecule has 0 unspecified atom stereocenters. The van der Waals surface area contributed by atoms with E-state index in [0.29, 0.717) is 11.6 Å². The standard InChI is InChI=1S/C9H14N2O2/c1-4-6(2)9(12)10-8-5-7(3)13-11-8/h5-6H,4H2,1-3H3,(H,10,11,12)/t6-/m1/s1. The second-order valence-electron chi connectivity index (χ2n) is 3.12. The fourth-order valence-electron chi connectivity index (χ4n) is 0.860. The minimum Gasteiger partial charge on any atom is -0.360 e. The van der Waals surface area contributed by atoms with Gasteiger partial charge in [-0.1, -0.05) is 19.0 Å². The Hall–Kier alpha value is -1.32. The molecule has 0 radical (unpaired) electrons. The number of carbonyl (C=O) groups is 1. The summed E-state index contributed by atoms with van der Waals surface area (Å²) in [5.74, 6) is 1.18. The summed E-state index contributed by atoms with van der Waals surface area (Å²) in [6.07, 6.45) is 0.822. The summed E-state index contributed by atoms with van der Waals surface area (Å²) in [6, 6.07) is 1.69. The van der Waals surface area contributed by atoms with Gasteiger partial charge in [-0.25, -0.2) is 0 Å². The highest BCUT2D eigenvalue weighted by Gasteiger charge is 2.11. The van der Waals surface area contributed by atoms with Crippen LogP contribution in [0.1, 0.15) is 26.0 Å². The van der Waals surface area contributed by atoms with Gasteiger partial charge in [-0.05, 0) is 13.3 Å². The van der Waals surface area contributed by atoms with Crippen LogP contribution in [0.25, 0.3) is 0 Å². The van der Waals surface area contributed by atoms with Crippen molar-refractivity contribution in [2.75, 3.05) is 5.32 Å². The number of aryl methyl sites for hydroxylation is 1. The van der Waals surface area contributed by atoms with Crippen molar-refractivity contribution in [1.29, 1.82) is 0 Å². The molecule has 72 valence electrons. The third-order valence-corrected chi connectivity index (χ3v) is 1.94. The van der Waals surface area contributed by atoms with E-state index < -0.39 is 0 Å². The largest absolute Gasteiger partial charge is 0.360 e. The molecule has 0 aromatic carbocycles. The SMILES string of the molecule is CC[C@@H](C)C(=O)Nc1cc(C)on1. The normalized spacial score (nSPS) is 12.5. The van der Waals surface area contributed by atoms with Gasteiger partial charge < -0.3 is 9.84 Å². The zero-order chi connectivity index (χ0) is 9.84. The number of amides is 1. The molecule has 1 rings (SSSR count). The molecule has 0 fully saturated rings. The van der Waals surface area contributed by atoms with Crippen molar-refractivity contribution in [2.45, 2.75) is 27.2 Å². The molecule has 0 saturated carbocycles. The van der Waals surface area contributed by atoms with Gasteiger partial charge in [0.1, 0.15) is 5.76 Å². The Labute approximate surface area is 77.3 Å². The van der Waals surface area contributed by atoms with E-state index in [-0.39, 0.29) is 11.8 Å². The molecule has 0 aliphatic rings. The molecule has 4 nitrogen and oxygen atoms in total. The number of aromatic nitrogens is 1. The van der Waals surface area contributed by atoms with Crippen LogP contribution in [0.4, 0.5) is 5.82 Å². The number of nitrogens with zero attached hydrogens (tertiary/aromatic N) is 1. The number of hydrogen-bond donors (Lipinski definition) is 1. The van der Waals surface area contributed by atoms with Crippen molar-refractivity contribution < 1.29 is 9.32 Å². The van der Waals surface area contributed by atoms with Crippen molar-refractivity contribution >= 4 is 11.7 Å². The van der Waals surface area contributed by atoms with Crippen molar-refractivity contribution in [3.8, 4) is 0 Å². The molecule has 1 amide bonds. The van der Waals surface area contributed by atoms with Crippen molar-refractivity contribution in [3.05, 3.63) is 11.8 Å². The molecule has 0 aliphatic heterocycles. The maximum atomic E-state index is 11.4.